The van der Waals surface area contributed by atoms with Gasteiger partial charge >= 0.3 is 5.97 Å². The van der Waals surface area contributed by atoms with E-state index < -0.39 is 35.9 Å². The number of carboxylic acid groups (broad SMARTS) is 1. The molecule has 334 valence electrons. The molecule has 3 atom stereocenters. The summed E-state index contributed by atoms with van der Waals surface area (Å²) in [6.07, 6.45) is 8.35. The van der Waals surface area contributed by atoms with Crippen LogP contribution in [0, 0.1) is 17.8 Å². The van der Waals surface area contributed by atoms with Crippen molar-refractivity contribution in [2.24, 2.45) is 11.7 Å². The molecule has 1 aliphatic carbocycles. The number of para-hydroxylation sites is 1. The molecule has 4 N–H and O–H groups in total. The first-order chi connectivity index (χ1) is 30.5. The van der Waals surface area contributed by atoms with Crippen molar-refractivity contribution in [2.45, 2.75) is 94.5 Å². The number of hydrogen-bond acceptors (Lipinski definition) is 12. The van der Waals surface area contributed by atoms with E-state index in [1.165, 1.54) is 16.9 Å². The third kappa shape index (κ3) is 9.02. The van der Waals surface area contributed by atoms with Crippen molar-refractivity contribution in [3.05, 3.63) is 59.7 Å². The molecule has 1 saturated carbocycles. The van der Waals surface area contributed by atoms with E-state index in [0.717, 1.165) is 93.9 Å². The van der Waals surface area contributed by atoms with E-state index in [2.05, 4.69) is 37.2 Å². The number of benzene rings is 1. The van der Waals surface area contributed by atoms with Crippen LogP contribution in [0.4, 0.5) is 31.7 Å². The Kier molecular flexibility index (Phi) is 12.2. The zero-order valence-corrected chi connectivity index (χ0v) is 35.2. The molecule has 1 unspecified atom stereocenters. The van der Waals surface area contributed by atoms with Gasteiger partial charge in [-0.05, 0) is 75.5 Å². The van der Waals surface area contributed by atoms with Crippen molar-refractivity contribution >= 4 is 46.3 Å². The summed E-state index contributed by atoms with van der Waals surface area (Å²) < 4.78 is 43.6. The molecule has 4 aromatic rings. The summed E-state index contributed by atoms with van der Waals surface area (Å²) in [6, 6.07) is 7.01. The first-order valence-electron chi connectivity index (χ1n) is 21.8. The number of anilines is 4. The van der Waals surface area contributed by atoms with Crippen molar-refractivity contribution in [3.8, 4) is 11.8 Å². The van der Waals surface area contributed by atoms with Gasteiger partial charge in [0.25, 0.3) is 12.3 Å². The molecule has 7 heterocycles. The Balaban J connectivity index is 0.737. The zero-order valence-electron chi connectivity index (χ0n) is 35.2. The Morgan fingerprint density at radius 1 is 1.10 bits per heavy atom. The first-order valence-corrected chi connectivity index (χ1v) is 21.8. The van der Waals surface area contributed by atoms with E-state index in [4.69, 9.17) is 25.3 Å². The number of fused-ring (bicyclic) bond motifs is 4. The Morgan fingerprint density at radius 3 is 2.62 bits per heavy atom. The van der Waals surface area contributed by atoms with Gasteiger partial charge in [-0.3, -0.25) is 19.1 Å². The summed E-state index contributed by atoms with van der Waals surface area (Å²) >= 11 is 0. The number of morpholine rings is 1. The molecule has 5 aliphatic rings. The normalized spacial score (nSPS) is 23.0. The van der Waals surface area contributed by atoms with Crippen molar-refractivity contribution in [3.63, 3.8) is 0 Å². The number of nitrogens with zero attached hydrogens (tertiary/aromatic N) is 9. The van der Waals surface area contributed by atoms with E-state index in [1.54, 1.807) is 10.9 Å². The fourth-order valence-electron chi connectivity index (χ4n) is 10.0. The largest absolute Gasteiger partial charge is 0.481 e. The molecule has 0 spiro atoms. The molecular weight excluding hydrogens is 817 g/mol. The van der Waals surface area contributed by atoms with Gasteiger partial charge in [-0.2, -0.15) is 10.2 Å². The number of aromatic nitrogens is 5. The van der Waals surface area contributed by atoms with Crippen LogP contribution in [0.1, 0.15) is 91.9 Å². The molecule has 17 nitrogen and oxygen atoms in total. The molecular formula is C44H53F2N11O6. The summed E-state index contributed by atoms with van der Waals surface area (Å²) in [7, 11) is 1.91. The average Bonchev–Trinajstić information content (AvgIpc) is 4.13. The number of halogens is 2. The molecule has 3 aromatic heterocycles. The third-order valence-electron chi connectivity index (χ3n) is 13.3. The molecule has 63 heavy (non-hydrogen) atoms. The number of alkyl halides is 2. The minimum Gasteiger partial charge on any atom is -0.481 e. The van der Waals surface area contributed by atoms with E-state index in [1.807, 2.05) is 41.1 Å². The predicted molar refractivity (Wildman–Crippen MR) is 229 cm³/mol. The molecule has 1 aromatic carbocycles. The Bertz CT molecular complexity index is 2400. The monoisotopic (exact) mass is 869 g/mol. The highest BCUT2D eigenvalue weighted by Gasteiger charge is 2.40. The molecule has 2 amide bonds. The number of amides is 2. The lowest BCUT2D eigenvalue weighted by molar-refractivity contribution is -0.137. The fourth-order valence-corrected chi connectivity index (χ4v) is 10.0. The maximum absolute atomic E-state index is 14.3. The lowest BCUT2D eigenvalue weighted by Gasteiger charge is -2.36. The van der Waals surface area contributed by atoms with E-state index in [-0.39, 0.29) is 55.0 Å². The predicted octanol–water partition coefficient (Wildman–Crippen LogP) is 4.29. The SMILES string of the molecule is CN1CN(C(CCC(=O)O)C(N)=O)c2cccc(C#CCOC3CCN(C[C@H]4CC[C@H](n5cc(NC(=O)c6cnn7ccc(N8C[C@H]9C[C@@H]8CO9)nc67)c(C(F)F)n5)CC4)CC3)c21. The highest BCUT2D eigenvalue weighted by molar-refractivity contribution is 6.08. The number of carboxylic acids is 1. The van der Waals surface area contributed by atoms with Gasteiger partial charge in [0.1, 0.15) is 24.0 Å². The number of nitrogens with two attached hydrogens (primary N) is 1. The highest BCUT2D eigenvalue weighted by Crippen LogP contribution is 2.40. The summed E-state index contributed by atoms with van der Waals surface area (Å²) in [5.41, 5.74) is 8.24. The van der Waals surface area contributed by atoms with Crippen molar-refractivity contribution in [1.29, 1.82) is 0 Å². The lowest BCUT2D eigenvalue weighted by atomic mass is 9.85. The maximum atomic E-state index is 14.3. The fraction of sp³-hybridized carbons (Fsp3) is 0.545. The van der Waals surface area contributed by atoms with Gasteiger partial charge in [0, 0.05) is 52.0 Å². The second-order valence-electron chi connectivity index (χ2n) is 17.4. The number of likely N-dealkylation sites (tertiary alicyclic amines) is 1. The molecule has 4 aliphatic heterocycles. The summed E-state index contributed by atoms with van der Waals surface area (Å²) in [6.45, 7) is 4.88. The van der Waals surface area contributed by atoms with Crippen LogP contribution < -0.4 is 25.8 Å². The van der Waals surface area contributed by atoms with Gasteiger partial charge < -0.3 is 45.2 Å². The van der Waals surface area contributed by atoms with Crippen LogP contribution in [0.3, 0.4) is 0 Å². The van der Waals surface area contributed by atoms with Gasteiger partial charge in [-0.1, -0.05) is 17.9 Å². The third-order valence-corrected chi connectivity index (χ3v) is 13.3. The number of rotatable bonds is 14. The van der Waals surface area contributed by atoms with Crippen LogP contribution in [0.5, 0.6) is 0 Å². The van der Waals surface area contributed by atoms with Crippen LogP contribution in [-0.2, 0) is 19.1 Å². The second kappa shape index (κ2) is 18.1. The molecule has 4 fully saturated rings. The van der Waals surface area contributed by atoms with Crippen molar-refractivity contribution < 1.29 is 37.7 Å². The Labute approximate surface area is 363 Å². The molecule has 9 rings (SSSR count). The lowest BCUT2D eigenvalue weighted by Crippen LogP contribution is -2.46. The quantitative estimate of drug-likeness (QED) is 0.153. The number of carbonyl (C=O) groups excluding carboxylic acids is 2. The first kappa shape index (κ1) is 42.5. The Morgan fingerprint density at radius 2 is 1.90 bits per heavy atom. The smallest absolute Gasteiger partial charge is 0.303 e. The van der Waals surface area contributed by atoms with Crippen LogP contribution in [0.2, 0.25) is 0 Å². The van der Waals surface area contributed by atoms with Crippen molar-refractivity contribution in [1.82, 2.24) is 29.3 Å². The van der Waals surface area contributed by atoms with Gasteiger partial charge in [0.05, 0.1) is 66.4 Å². The summed E-state index contributed by atoms with van der Waals surface area (Å²) in [4.78, 5) is 50.2. The average molecular weight is 870 g/mol. The Hall–Kier alpha value is -5.84. The topological polar surface area (TPSA) is 189 Å². The number of aliphatic carboxylic acids is 1. The van der Waals surface area contributed by atoms with Gasteiger partial charge in [0.2, 0.25) is 5.91 Å². The van der Waals surface area contributed by atoms with Gasteiger partial charge in [-0.15, -0.1) is 0 Å². The van der Waals surface area contributed by atoms with Crippen LogP contribution >= 0.6 is 0 Å². The maximum Gasteiger partial charge on any atom is 0.303 e. The van der Waals surface area contributed by atoms with Crippen LogP contribution in [-0.4, -0.2) is 130 Å². The van der Waals surface area contributed by atoms with E-state index >= 15 is 0 Å². The van der Waals surface area contributed by atoms with Crippen LogP contribution in [0.25, 0.3) is 5.65 Å². The van der Waals surface area contributed by atoms with Gasteiger partial charge in [-0.25, -0.2) is 18.3 Å². The molecule has 19 heteroatoms. The number of nitrogens with one attached hydrogen (secondary N) is 1. The number of ether oxygens (including phenoxy) is 2. The minimum absolute atomic E-state index is 0.00769. The van der Waals surface area contributed by atoms with E-state index in [0.29, 0.717) is 24.8 Å². The minimum atomic E-state index is -2.86. The summed E-state index contributed by atoms with van der Waals surface area (Å²) in [5.74, 6) is 5.52. The standard InChI is InChI=1S/C44H53F2N11O6/c1-52-26-55(36(42(47)60)11-12-38(58)59)35-6-2-4-28(40(35)52)5-3-19-62-31-13-16-53(17-14-31)22-27-7-9-29(10-8-27)57-24-34(39(51-57)41(45)46)49-44(61)33-21-48-56-18-15-37(50-43(33)56)54-23-32-20-30(54)25-63-32/h2,4,6,15,18,21,24,27,29-32,36,41H,7-14,16-17,19-20,22-23,25-26H2,1H3,(H2,47,60)(H,49,61)(H,58,59)/t27-,29-,30-,32-,36?/m1/s1. The number of carbonyl (C=O) groups is 3. The number of piperidine rings is 1. The zero-order chi connectivity index (χ0) is 43.8. The number of primary amides is 1. The number of hydrogen-bond donors (Lipinski definition) is 3. The highest BCUT2D eigenvalue weighted by atomic mass is 19.3. The summed E-state index contributed by atoms with van der Waals surface area (Å²) in [5, 5.41) is 20.4. The van der Waals surface area contributed by atoms with Crippen molar-refractivity contribution in [2.75, 3.05) is 73.1 Å². The van der Waals surface area contributed by atoms with Crippen LogP contribution in [0.15, 0.2) is 42.9 Å². The molecule has 2 bridgehead atoms. The van der Waals surface area contributed by atoms with E-state index in [9.17, 15) is 23.2 Å². The van der Waals surface area contributed by atoms with Gasteiger partial charge in [0.15, 0.2) is 11.3 Å². The second-order valence-corrected chi connectivity index (χ2v) is 17.4. The molecule has 0 radical (unpaired) electrons. The molecule has 3 saturated heterocycles.